The van der Waals surface area contributed by atoms with E-state index in [1.807, 2.05) is 30.3 Å². The standard InChI is InChI=1S/C20H18N2OS/c1-23-18-11-6-5-10-16(18)17-14-22(15-8-3-2-4-9-15)21-20(17)19-12-7-13-24-19/h2-13,17H,14H2,1H3/t17-/m0/s1. The summed E-state index contributed by atoms with van der Waals surface area (Å²) in [6.07, 6.45) is 0. The Bertz CT molecular complexity index is 843. The van der Waals surface area contributed by atoms with Crippen molar-refractivity contribution in [3.63, 3.8) is 0 Å². The van der Waals surface area contributed by atoms with Crippen LogP contribution in [0.2, 0.25) is 0 Å². The molecule has 3 aromatic rings. The summed E-state index contributed by atoms with van der Waals surface area (Å²) >= 11 is 1.73. The number of thiophene rings is 1. The van der Waals surface area contributed by atoms with Gasteiger partial charge < -0.3 is 4.74 Å². The van der Waals surface area contributed by atoms with Crippen molar-refractivity contribution in [3.05, 3.63) is 82.6 Å². The van der Waals surface area contributed by atoms with E-state index in [1.54, 1.807) is 18.4 Å². The van der Waals surface area contributed by atoms with E-state index in [9.17, 15) is 0 Å². The van der Waals surface area contributed by atoms with E-state index in [1.165, 1.54) is 10.4 Å². The molecule has 4 rings (SSSR count). The summed E-state index contributed by atoms with van der Waals surface area (Å²) in [4.78, 5) is 1.21. The third-order valence-electron chi connectivity index (χ3n) is 4.26. The molecule has 120 valence electrons. The summed E-state index contributed by atoms with van der Waals surface area (Å²) in [6, 6.07) is 22.8. The van der Waals surface area contributed by atoms with E-state index in [-0.39, 0.29) is 5.92 Å². The maximum atomic E-state index is 5.59. The molecule has 1 aromatic heterocycles. The topological polar surface area (TPSA) is 24.8 Å². The van der Waals surface area contributed by atoms with Crippen LogP contribution in [0.3, 0.4) is 0 Å². The summed E-state index contributed by atoms with van der Waals surface area (Å²) < 4.78 is 5.59. The van der Waals surface area contributed by atoms with Crippen molar-refractivity contribution in [2.24, 2.45) is 5.10 Å². The second-order valence-electron chi connectivity index (χ2n) is 5.67. The Hall–Kier alpha value is -2.59. The second kappa shape index (κ2) is 6.49. The normalized spacial score (nSPS) is 17.0. The number of methoxy groups -OCH3 is 1. The van der Waals surface area contributed by atoms with Crippen molar-refractivity contribution in [1.82, 2.24) is 0 Å². The first kappa shape index (κ1) is 15.0. The van der Waals surface area contributed by atoms with Gasteiger partial charge in [-0.1, -0.05) is 42.5 Å². The number of hydrazone groups is 1. The van der Waals surface area contributed by atoms with Gasteiger partial charge in [0.1, 0.15) is 5.75 Å². The molecule has 0 amide bonds. The molecular formula is C20H18N2OS. The average Bonchev–Trinajstić information content (AvgIpc) is 3.32. The van der Waals surface area contributed by atoms with E-state index >= 15 is 0 Å². The van der Waals surface area contributed by atoms with Gasteiger partial charge in [-0.3, -0.25) is 5.01 Å². The molecule has 4 heteroatoms. The quantitative estimate of drug-likeness (QED) is 0.687. The number of hydrogen-bond donors (Lipinski definition) is 0. The first-order chi connectivity index (χ1) is 11.9. The molecule has 2 aromatic carbocycles. The number of benzene rings is 2. The lowest BCUT2D eigenvalue weighted by Gasteiger charge is -2.18. The van der Waals surface area contributed by atoms with Crippen LogP contribution in [0.1, 0.15) is 16.4 Å². The monoisotopic (exact) mass is 334 g/mol. The molecule has 1 aliphatic rings. The Labute approximate surface area is 145 Å². The van der Waals surface area contributed by atoms with Crippen LogP contribution in [-0.2, 0) is 0 Å². The fourth-order valence-corrected chi connectivity index (χ4v) is 3.87. The fraction of sp³-hybridized carbons (Fsp3) is 0.150. The van der Waals surface area contributed by atoms with E-state index in [0.29, 0.717) is 0 Å². The highest BCUT2D eigenvalue weighted by Crippen LogP contribution is 2.36. The van der Waals surface area contributed by atoms with E-state index in [2.05, 4.69) is 46.8 Å². The molecule has 1 aliphatic heterocycles. The Balaban J connectivity index is 1.77. The van der Waals surface area contributed by atoms with Gasteiger partial charge in [-0.25, -0.2) is 0 Å². The zero-order valence-electron chi connectivity index (χ0n) is 13.4. The van der Waals surface area contributed by atoms with E-state index in [0.717, 1.165) is 23.7 Å². The van der Waals surface area contributed by atoms with Crippen LogP contribution < -0.4 is 9.75 Å². The van der Waals surface area contributed by atoms with Gasteiger partial charge in [0.05, 0.1) is 35.8 Å². The zero-order valence-corrected chi connectivity index (χ0v) is 14.2. The molecule has 3 nitrogen and oxygen atoms in total. The Morgan fingerprint density at radius 1 is 1.00 bits per heavy atom. The SMILES string of the molecule is COc1ccccc1[C@@H]1CN(c2ccccc2)N=C1c1cccs1. The van der Waals surface area contributed by atoms with Gasteiger partial charge in [0, 0.05) is 5.56 Å². The fourth-order valence-electron chi connectivity index (χ4n) is 3.11. The van der Waals surface area contributed by atoms with Crippen LogP contribution in [0.25, 0.3) is 0 Å². The predicted octanol–water partition coefficient (Wildman–Crippen LogP) is 4.76. The molecule has 0 aliphatic carbocycles. The molecule has 24 heavy (non-hydrogen) atoms. The largest absolute Gasteiger partial charge is 0.496 e. The number of ether oxygens (including phenoxy) is 1. The van der Waals surface area contributed by atoms with Gasteiger partial charge in [0.25, 0.3) is 0 Å². The first-order valence-electron chi connectivity index (χ1n) is 7.94. The van der Waals surface area contributed by atoms with Crippen LogP contribution in [0, 0.1) is 0 Å². The predicted molar refractivity (Wildman–Crippen MR) is 100 cm³/mol. The lowest BCUT2D eigenvalue weighted by molar-refractivity contribution is 0.409. The summed E-state index contributed by atoms with van der Waals surface area (Å²) in [7, 11) is 1.73. The second-order valence-corrected chi connectivity index (χ2v) is 6.62. The van der Waals surface area contributed by atoms with Crippen molar-refractivity contribution in [2.45, 2.75) is 5.92 Å². The molecule has 1 atom stereocenters. The van der Waals surface area contributed by atoms with Crippen LogP contribution in [-0.4, -0.2) is 19.4 Å². The minimum atomic E-state index is 0.194. The highest BCUT2D eigenvalue weighted by atomic mass is 32.1. The summed E-state index contributed by atoms with van der Waals surface area (Å²) in [6.45, 7) is 0.817. The maximum absolute atomic E-state index is 5.59. The van der Waals surface area contributed by atoms with E-state index < -0.39 is 0 Å². The number of nitrogens with zero attached hydrogens (tertiary/aromatic N) is 2. The van der Waals surface area contributed by atoms with Crippen LogP contribution in [0.5, 0.6) is 5.75 Å². The number of hydrogen-bond acceptors (Lipinski definition) is 4. The van der Waals surface area contributed by atoms with Gasteiger partial charge in [0.2, 0.25) is 0 Å². The minimum absolute atomic E-state index is 0.194. The van der Waals surface area contributed by atoms with Crippen molar-refractivity contribution < 1.29 is 4.74 Å². The van der Waals surface area contributed by atoms with Crippen molar-refractivity contribution in [1.29, 1.82) is 0 Å². The van der Waals surface area contributed by atoms with Crippen LogP contribution in [0.4, 0.5) is 5.69 Å². The molecule has 0 saturated heterocycles. The molecule has 0 N–H and O–H groups in total. The third kappa shape index (κ3) is 2.69. The molecular weight excluding hydrogens is 316 g/mol. The summed E-state index contributed by atoms with van der Waals surface area (Å²) in [5, 5.41) is 9.13. The molecule has 0 fully saturated rings. The molecule has 0 unspecified atom stereocenters. The van der Waals surface area contributed by atoms with Crippen molar-refractivity contribution >= 4 is 22.7 Å². The van der Waals surface area contributed by atoms with Crippen molar-refractivity contribution in [2.75, 3.05) is 18.7 Å². The van der Waals surface area contributed by atoms with Gasteiger partial charge >= 0.3 is 0 Å². The van der Waals surface area contributed by atoms with E-state index in [4.69, 9.17) is 9.84 Å². The lowest BCUT2D eigenvalue weighted by Crippen LogP contribution is -2.18. The first-order valence-corrected chi connectivity index (χ1v) is 8.82. The Kier molecular flexibility index (Phi) is 4.05. The average molecular weight is 334 g/mol. The van der Waals surface area contributed by atoms with Crippen LogP contribution in [0.15, 0.2) is 77.2 Å². The van der Waals surface area contributed by atoms with Crippen molar-refractivity contribution in [3.8, 4) is 5.75 Å². The smallest absolute Gasteiger partial charge is 0.122 e. The molecule has 2 heterocycles. The molecule has 0 radical (unpaired) electrons. The molecule has 0 bridgehead atoms. The summed E-state index contributed by atoms with van der Waals surface area (Å²) in [5.41, 5.74) is 3.41. The molecule has 0 spiro atoms. The minimum Gasteiger partial charge on any atom is -0.496 e. The summed E-state index contributed by atoms with van der Waals surface area (Å²) in [5.74, 6) is 1.11. The number of anilines is 1. The zero-order chi connectivity index (χ0) is 16.4. The van der Waals surface area contributed by atoms with Gasteiger partial charge in [-0.15, -0.1) is 11.3 Å². The van der Waals surface area contributed by atoms with Crippen LogP contribution >= 0.6 is 11.3 Å². The highest BCUT2D eigenvalue weighted by Gasteiger charge is 2.32. The molecule has 0 saturated carbocycles. The third-order valence-corrected chi connectivity index (χ3v) is 5.15. The maximum Gasteiger partial charge on any atom is 0.122 e. The Morgan fingerprint density at radius 3 is 2.54 bits per heavy atom. The highest BCUT2D eigenvalue weighted by molar-refractivity contribution is 7.12. The number of rotatable bonds is 4. The lowest BCUT2D eigenvalue weighted by atomic mass is 9.93. The number of para-hydroxylation sites is 2. The van der Waals surface area contributed by atoms with Gasteiger partial charge in [-0.2, -0.15) is 5.10 Å². The Morgan fingerprint density at radius 2 is 1.79 bits per heavy atom. The van der Waals surface area contributed by atoms with Gasteiger partial charge in [0.15, 0.2) is 0 Å². The van der Waals surface area contributed by atoms with Gasteiger partial charge in [-0.05, 0) is 29.6 Å².